The molecule has 2 rings (SSSR count). The number of carbonyl (C=O) groups is 3. The molecule has 1 amide bonds. The Bertz CT molecular complexity index is 706. The molecule has 1 heterocycles. The highest BCUT2D eigenvalue weighted by Gasteiger charge is 2.26. The van der Waals surface area contributed by atoms with Crippen LogP contribution >= 0.6 is 0 Å². The fraction of sp³-hybridized carbons (Fsp3) is 0.526. The Labute approximate surface area is 153 Å². The molecule has 1 atom stereocenters. The summed E-state index contributed by atoms with van der Waals surface area (Å²) >= 11 is 0. The Morgan fingerprint density at radius 1 is 1.15 bits per heavy atom. The van der Waals surface area contributed by atoms with Crippen molar-refractivity contribution in [2.75, 3.05) is 13.8 Å². The second-order valence-corrected chi connectivity index (χ2v) is 7.20. The zero-order valence-corrected chi connectivity index (χ0v) is 15.8. The molecule has 0 fully saturated rings. The average molecular weight is 363 g/mol. The van der Waals surface area contributed by atoms with Gasteiger partial charge in [-0.05, 0) is 45.9 Å². The molecule has 0 spiro atoms. The molecule has 0 saturated carbocycles. The SMILES string of the molecule is CC(C(=O)c1ccc2c(c1)OCO2)N(C)C(=O)CCC(=O)OC(C)(C)C. The maximum Gasteiger partial charge on any atom is 0.306 e. The highest BCUT2D eigenvalue weighted by molar-refractivity contribution is 6.02. The highest BCUT2D eigenvalue weighted by Crippen LogP contribution is 2.33. The minimum Gasteiger partial charge on any atom is -0.460 e. The van der Waals surface area contributed by atoms with E-state index in [0.717, 1.165) is 0 Å². The summed E-state index contributed by atoms with van der Waals surface area (Å²) in [6.45, 7) is 7.09. The molecule has 26 heavy (non-hydrogen) atoms. The second-order valence-electron chi connectivity index (χ2n) is 7.20. The van der Waals surface area contributed by atoms with Crippen molar-refractivity contribution in [1.29, 1.82) is 0 Å². The zero-order chi connectivity index (χ0) is 19.5. The van der Waals surface area contributed by atoms with Crippen molar-refractivity contribution in [3.05, 3.63) is 23.8 Å². The number of amides is 1. The van der Waals surface area contributed by atoms with Crippen LogP contribution in [0.2, 0.25) is 0 Å². The molecule has 1 aliphatic rings. The van der Waals surface area contributed by atoms with Crippen molar-refractivity contribution in [3.63, 3.8) is 0 Å². The van der Waals surface area contributed by atoms with Crippen LogP contribution in [0.1, 0.15) is 50.9 Å². The number of esters is 1. The summed E-state index contributed by atoms with van der Waals surface area (Å²) in [5.74, 6) is 0.167. The fourth-order valence-corrected chi connectivity index (χ4v) is 2.46. The van der Waals surface area contributed by atoms with E-state index < -0.39 is 17.6 Å². The summed E-state index contributed by atoms with van der Waals surface area (Å²) in [6.07, 6.45) is -0.0322. The summed E-state index contributed by atoms with van der Waals surface area (Å²) in [5.41, 5.74) is -0.150. The number of Topliss-reactive ketones (excluding diaryl/α,β-unsaturated/α-hetero) is 1. The van der Waals surface area contributed by atoms with Gasteiger partial charge in [-0.2, -0.15) is 0 Å². The predicted octanol–water partition coefficient (Wildman–Crippen LogP) is 2.57. The lowest BCUT2D eigenvalue weighted by Gasteiger charge is -2.24. The Hall–Kier alpha value is -2.57. The smallest absolute Gasteiger partial charge is 0.306 e. The van der Waals surface area contributed by atoms with Crippen LogP contribution in [-0.4, -0.2) is 48.0 Å². The lowest BCUT2D eigenvalue weighted by Crippen LogP contribution is -2.40. The Morgan fingerprint density at radius 3 is 2.46 bits per heavy atom. The molecule has 0 aromatic heterocycles. The van der Waals surface area contributed by atoms with E-state index in [1.54, 1.807) is 52.9 Å². The zero-order valence-electron chi connectivity index (χ0n) is 15.8. The molecule has 1 aliphatic heterocycles. The topological polar surface area (TPSA) is 82.1 Å². The van der Waals surface area contributed by atoms with E-state index in [9.17, 15) is 14.4 Å². The van der Waals surface area contributed by atoms with Gasteiger partial charge in [-0.15, -0.1) is 0 Å². The second kappa shape index (κ2) is 7.76. The first kappa shape index (κ1) is 19.8. The lowest BCUT2D eigenvalue weighted by molar-refractivity contribution is -0.156. The maximum absolute atomic E-state index is 12.6. The van der Waals surface area contributed by atoms with E-state index in [1.807, 2.05) is 0 Å². The van der Waals surface area contributed by atoms with Crippen molar-refractivity contribution in [1.82, 2.24) is 4.90 Å². The summed E-state index contributed by atoms with van der Waals surface area (Å²) in [4.78, 5) is 38.0. The van der Waals surface area contributed by atoms with Gasteiger partial charge in [-0.25, -0.2) is 0 Å². The first-order valence-corrected chi connectivity index (χ1v) is 8.50. The van der Waals surface area contributed by atoms with Crippen molar-refractivity contribution < 1.29 is 28.6 Å². The normalized spacial score (nSPS) is 13.9. The molecule has 7 heteroatoms. The summed E-state index contributed by atoms with van der Waals surface area (Å²) in [7, 11) is 1.55. The third-order valence-corrected chi connectivity index (χ3v) is 3.97. The van der Waals surface area contributed by atoms with E-state index in [2.05, 4.69) is 0 Å². The minimum absolute atomic E-state index is 0.00975. The van der Waals surface area contributed by atoms with Crippen molar-refractivity contribution >= 4 is 17.7 Å². The van der Waals surface area contributed by atoms with Gasteiger partial charge in [0.25, 0.3) is 0 Å². The molecule has 142 valence electrons. The standard InChI is InChI=1S/C19H25NO6/c1-12(18(23)13-6-7-14-15(10-13)25-11-24-14)20(5)16(21)8-9-17(22)26-19(2,3)4/h6-7,10,12H,8-9,11H2,1-5H3. The number of nitrogens with zero attached hydrogens (tertiary/aromatic N) is 1. The van der Waals surface area contributed by atoms with Crippen LogP contribution in [0.4, 0.5) is 0 Å². The van der Waals surface area contributed by atoms with E-state index in [1.165, 1.54) is 4.90 Å². The predicted molar refractivity (Wildman–Crippen MR) is 94.2 cm³/mol. The number of carbonyl (C=O) groups excluding carboxylic acids is 3. The number of ether oxygens (including phenoxy) is 3. The molecule has 1 aromatic carbocycles. The van der Waals surface area contributed by atoms with Crippen LogP contribution in [0.3, 0.4) is 0 Å². The van der Waals surface area contributed by atoms with Gasteiger partial charge in [0, 0.05) is 19.0 Å². The Kier molecular flexibility index (Phi) is 5.90. The number of likely N-dealkylation sites (N-methyl/N-ethyl adjacent to an activating group) is 1. The summed E-state index contributed by atoms with van der Waals surface area (Å²) < 4.78 is 15.7. The highest BCUT2D eigenvalue weighted by atomic mass is 16.7. The van der Waals surface area contributed by atoms with Gasteiger partial charge in [0.2, 0.25) is 12.7 Å². The van der Waals surface area contributed by atoms with Crippen LogP contribution in [0.25, 0.3) is 0 Å². The van der Waals surface area contributed by atoms with E-state index in [-0.39, 0.29) is 31.3 Å². The number of ketones is 1. The van der Waals surface area contributed by atoms with Gasteiger partial charge >= 0.3 is 5.97 Å². The molecular formula is C19H25NO6. The summed E-state index contributed by atoms with van der Waals surface area (Å²) in [5, 5.41) is 0. The third-order valence-electron chi connectivity index (χ3n) is 3.97. The van der Waals surface area contributed by atoms with Crippen LogP contribution < -0.4 is 9.47 Å². The fourth-order valence-electron chi connectivity index (χ4n) is 2.46. The number of fused-ring (bicyclic) bond motifs is 1. The number of hydrogen-bond acceptors (Lipinski definition) is 6. The molecule has 0 N–H and O–H groups in total. The summed E-state index contributed by atoms with van der Waals surface area (Å²) in [6, 6.07) is 4.26. The van der Waals surface area contributed by atoms with E-state index in [0.29, 0.717) is 17.1 Å². The lowest BCUT2D eigenvalue weighted by atomic mass is 10.0. The maximum atomic E-state index is 12.6. The molecule has 1 unspecified atom stereocenters. The first-order valence-electron chi connectivity index (χ1n) is 8.50. The van der Waals surface area contributed by atoms with Crippen LogP contribution in [0.5, 0.6) is 11.5 Å². The molecule has 0 radical (unpaired) electrons. The van der Waals surface area contributed by atoms with Gasteiger partial charge < -0.3 is 19.1 Å². The average Bonchev–Trinajstić information content (AvgIpc) is 3.03. The third kappa shape index (κ3) is 4.97. The van der Waals surface area contributed by atoms with Gasteiger partial charge in [-0.3, -0.25) is 14.4 Å². The molecule has 0 saturated heterocycles. The number of benzene rings is 1. The number of rotatable bonds is 6. The largest absolute Gasteiger partial charge is 0.460 e. The van der Waals surface area contributed by atoms with E-state index in [4.69, 9.17) is 14.2 Å². The monoisotopic (exact) mass is 363 g/mol. The molecular weight excluding hydrogens is 338 g/mol. The Morgan fingerprint density at radius 2 is 1.81 bits per heavy atom. The van der Waals surface area contributed by atoms with Gasteiger partial charge in [0.05, 0.1) is 12.5 Å². The van der Waals surface area contributed by atoms with Gasteiger partial charge in [0.1, 0.15) is 5.60 Å². The van der Waals surface area contributed by atoms with Crippen LogP contribution in [0.15, 0.2) is 18.2 Å². The molecule has 7 nitrogen and oxygen atoms in total. The van der Waals surface area contributed by atoms with Crippen molar-refractivity contribution in [3.8, 4) is 11.5 Å². The Balaban J connectivity index is 1.93. The van der Waals surface area contributed by atoms with Crippen molar-refractivity contribution in [2.45, 2.75) is 52.2 Å². The molecule has 0 aliphatic carbocycles. The van der Waals surface area contributed by atoms with Crippen LogP contribution in [0, 0.1) is 0 Å². The van der Waals surface area contributed by atoms with Crippen molar-refractivity contribution in [2.24, 2.45) is 0 Å². The van der Waals surface area contributed by atoms with E-state index >= 15 is 0 Å². The van der Waals surface area contributed by atoms with Crippen LogP contribution in [-0.2, 0) is 14.3 Å². The minimum atomic E-state index is -0.665. The molecule has 0 bridgehead atoms. The first-order chi connectivity index (χ1) is 12.1. The quantitative estimate of drug-likeness (QED) is 0.571. The molecule has 1 aromatic rings. The van der Waals surface area contributed by atoms with Gasteiger partial charge in [-0.1, -0.05) is 0 Å². The van der Waals surface area contributed by atoms with Gasteiger partial charge in [0.15, 0.2) is 17.3 Å². The number of hydrogen-bond donors (Lipinski definition) is 0.